The number of thiophene rings is 1. The van der Waals surface area contributed by atoms with Crippen LogP contribution in [0.15, 0.2) is 14.3 Å². The maximum atomic E-state index is 6.06. The average molecular weight is 412 g/mol. The van der Waals surface area contributed by atoms with Crippen LogP contribution in [0.2, 0.25) is 0 Å². The lowest BCUT2D eigenvalue weighted by atomic mass is 10.1. The summed E-state index contributed by atoms with van der Waals surface area (Å²) in [6, 6.07) is 3.10. The highest BCUT2D eigenvalue weighted by Gasteiger charge is 2.24. The number of hydrogen-bond donors (Lipinski definition) is 1. The van der Waals surface area contributed by atoms with Gasteiger partial charge in [-0.25, -0.2) is 0 Å². The monoisotopic (exact) mass is 410 g/mol. The molecule has 1 heterocycles. The Hall–Kier alpha value is 0.580. The van der Waals surface area contributed by atoms with Gasteiger partial charge in [-0.1, -0.05) is 20.3 Å². The van der Waals surface area contributed by atoms with E-state index in [0.29, 0.717) is 18.6 Å². The molecule has 2 unspecified atom stereocenters. The molecular weight excluding hydrogens is 388 g/mol. The highest BCUT2D eigenvalue weighted by Crippen LogP contribution is 2.37. The second-order valence-corrected chi connectivity index (χ2v) is 8.13. The number of nitrogens with two attached hydrogens (primary N) is 1. The first-order chi connectivity index (χ1) is 9.04. The van der Waals surface area contributed by atoms with Gasteiger partial charge in [-0.05, 0) is 64.2 Å². The molecule has 0 saturated carbocycles. The van der Waals surface area contributed by atoms with E-state index in [1.165, 1.54) is 17.7 Å². The molecule has 1 aromatic rings. The SMILES string of the molecule is CCCCN(C(C)CC)C(CN)c1cc(Br)c(Br)s1. The molecule has 0 spiro atoms. The van der Waals surface area contributed by atoms with Gasteiger partial charge in [-0.15, -0.1) is 11.3 Å². The second-order valence-electron chi connectivity index (χ2n) is 4.87. The predicted molar refractivity (Wildman–Crippen MR) is 92.9 cm³/mol. The van der Waals surface area contributed by atoms with E-state index in [1.807, 2.05) is 0 Å². The highest BCUT2D eigenvalue weighted by molar-refractivity contribution is 9.13. The molecule has 1 rings (SSSR count). The number of unbranched alkanes of at least 4 members (excludes halogenated alkanes) is 1. The second kappa shape index (κ2) is 8.78. The zero-order chi connectivity index (χ0) is 14.4. The van der Waals surface area contributed by atoms with Crippen LogP contribution in [0.3, 0.4) is 0 Å². The van der Waals surface area contributed by atoms with Gasteiger partial charge in [-0.2, -0.15) is 0 Å². The first-order valence-electron chi connectivity index (χ1n) is 6.95. The smallest absolute Gasteiger partial charge is 0.0843 e. The van der Waals surface area contributed by atoms with E-state index in [4.69, 9.17) is 5.73 Å². The maximum absolute atomic E-state index is 6.06. The summed E-state index contributed by atoms with van der Waals surface area (Å²) < 4.78 is 2.28. The van der Waals surface area contributed by atoms with Crippen LogP contribution in [0.25, 0.3) is 0 Å². The lowest BCUT2D eigenvalue weighted by Crippen LogP contribution is -2.40. The van der Waals surface area contributed by atoms with Crippen LogP contribution in [0.5, 0.6) is 0 Å². The molecule has 2 atom stereocenters. The van der Waals surface area contributed by atoms with Gasteiger partial charge in [-0.3, -0.25) is 4.90 Å². The molecule has 0 saturated heterocycles. The normalized spacial score (nSPS) is 14.9. The molecule has 2 N–H and O–H groups in total. The van der Waals surface area contributed by atoms with Crippen LogP contribution in [0.4, 0.5) is 0 Å². The third kappa shape index (κ3) is 4.81. The van der Waals surface area contributed by atoms with E-state index in [0.717, 1.165) is 21.2 Å². The van der Waals surface area contributed by atoms with Crippen molar-refractivity contribution in [3.8, 4) is 0 Å². The van der Waals surface area contributed by atoms with Crippen molar-refractivity contribution in [2.45, 2.75) is 52.1 Å². The Labute approximate surface area is 138 Å². The molecule has 0 bridgehead atoms. The van der Waals surface area contributed by atoms with Crippen molar-refractivity contribution in [1.29, 1.82) is 0 Å². The van der Waals surface area contributed by atoms with Crippen molar-refractivity contribution in [3.05, 3.63) is 19.2 Å². The summed E-state index contributed by atoms with van der Waals surface area (Å²) in [5.41, 5.74) is 6.06. The van der Waals surface area contributed by atoms with Gasteiger partial charge in [0.05, 0.1) is 9.83 Å². The van der Waals surface area contributed by atoms with E-state index >= 15 is 0 Å². The largest absolute Gasteiger partial charge is 0.329 e. The standard InChI is InChI=1S/C14H24Br2N2S/c1-4-6-7-18(10(3)5-2)12(9-17)13-8-11(15)14(16)19-13/h8,10,12H,4-7,9,17H2,1-3H3. The Balaban J connectivity index is 2.94. The molecule has 5 heteroatoms. The van der Waals surface area contributed by atoms with Crippen LogP contribution in [-0.4, -0.2) is 24.0 Å². The quantitative estimate of drug-likeness (QED) is 0.638. The first kappa shape index (κ1) is 17.6. The minimum Gasteiger partial charge on any atom is -0.329 e. The molecule has 0 radical (unpaired) electrons. The fraction of sp³-hybridized carbons (Fsp3) is 0.714. The lowest BCUT2D eigenvalue weighted by molar-refractivity contribution is 0.143. The van der Waals surface area contributed by atoms with Crippen LogP contribution in [0.1, 0.15) is 51.0 Å². The molecule has 0 aromatic carbocycles. The van der Waals surface area contributed by atoms with Crippen molar-refractivity contribution in [1.82, 2.24) is 4.90 Å². The summed E-state index contributed by atoms with van der Waals surface area (Å²) in [5, 5.41) is 0. The zero-order valence-corrected chi connectivity index (χ0v) is 15.9. The summed E-state index contributed by atoms with van der Waals surface area (Å²) in [5.74, 6) is 0. The van der Waals surface area contributed by atoms with Gasteiger partial charge < -0.3 is 5.73 Å². The fourth-order valence-electron chi connectivity index (χ4n) is 2.20. The molecule has 0 aliphatic rings. The lowest BCUT2D eigenvalue weighted by Gasteiger charge is -2.35. The summed E-state index contributed by atoms with van der Waals surface area (Å²) >= 11 is 8.94. The van der Waals surface area contributed by atoms with Gasteiger partial charge >= 0.3 is 0 Å². The third-order valence-electron chi connectivity index (χ3n) is 3.54. The first-order valence-corrected chi connectivity index (χ1v) is 9.35. The molecule has 0 aliphatic carbocycles. The van der Waals surface area contributed by atoms with Gasteiger partial charge in [0.15, 0.2) is 0 Å². The van der Waals surface area contributed by atoms with Crippen LogP contribution in [0, 0.1) is 0 Å². The van der Waals surface area contributed by atoms with Crippen LogP contribution >= 0.6 is 43.2 Å². The third-order valence-corrected chi connectivity index (χ3v) is 6.90. The minimum atomic E-state index is 0.328. The predicted octanol–water partition coefficient (Wildman–Crippen LogP) is 5.17. The topological polar surface area (TPSA) is 29.3 Å². The van der Waals surface area contributed by atoms with Gasteiger partial charge in [0.2, 0.25) is 0 Å². The number of halogens is 2. The number of hydrogen-bond acceptors (Lipinski definition) is 3. The molecule has 1 aromatic heterocycles. The van der Waals surface area contributed by atoms with E-state index in [1.54, 1.807) is 11.3 Å². The van der Waals surface area contributed by atoms with Gasteiger partial charge in [0, 0.05) is 21.9 Å². The molecule has 19 heavy (non-hydrogen) atoms. The van der Waals surface area contributed by atoms with E-state index in [9.17, 15) is 0 Å². The Bertz CT molecular complexity index is 362. The van der Waals surface area contributed by atoms with Gasteiger partial charge in [0.1, 0.15) is 0 Å². The zero-order valence-electron chi connectivity index (χ0n) is 12.0. The summed E-state index contributed by atoms with van der Waals surface area (Å²) in [6.07, 6.45) is 3.62. The average Bonchev–Trinajstić information content (AvgIpc) is 2.73. The summed E-state index contributed by atoms with van der Waals surface area (Å²) in [4.78, 5) is 3.91. The molecule has 110 valence electrons. The van der Waals surface area contributed by atoms with Gasteiger partial charge in [0.25, 0.3) is 0 Å². The van der Waals surface area contributed by atoms with Crippen LogP contribution in [-0.2, 0) is 0 Å². The van der Waals surface area contributed by atoms with Crippen molar-refractivity contribution in [2.75, 3.05) is 13.1 Å². The number of rotatable bonds is 8. The van der Waals surface area contributed by atoms with Crippen LogP contribution < -0.4 is 5.73 Å². The van der Waals surface area contributed by atoms with E-state index in [-0.39, 0.29) is 0 Å². The van der Waals surface area contributed by atoms with E-state index < -0.39 is 0 Å². The summed E-state index contributed by atoms with van der Waals surface area (Å²) in [6.45, 7) is 8.59. The van der Waals surface area contributed by atoms with Crippen molar-refractivity contribution in [2.24, 2.45) is 5.73 Å². The molecule has 2 nitrogen and oxygen atoms in total. The van der Waals surface area contributed by atoms with Crippen molar-refractivity contribution >= 4 is 43.2 Å². The molecule has 0 aliphatic heterocycles. The molecular formula is C14H24Br2N2S. The Morgan fingerprint density at radius 3 is 2.47 bits per heavy atom. The molecule has 0 fully saturated rings. The van der Waals surface area contributed by atoms with E-state index in [2.05, 4.69) is 63.6 Å². The Morgan fingerprint density at radius 1 is 1.37 bits per heavy atom. The maximum Gasteiger partial charge on any atom is 0.0843 e. The van der Waals surface area contributed by atoms with Crippen molar-refractivity contribution in [3.63, 3.8) is 0 Å². The highest BCUT2D eigenvalue weighted by atomic mass is 79.9. The Morgan fingerprint density at radius 2 is 2.05 bits per heavy atom. The molecule has 0 amide bonds. The summed E-state index contributed by atoms with van der Waals surface area (Å²) in [7, 11) is 0. The van der Waals surface area contributed by atoms with Crippen molar-refractivity contribution < 1.29 is 0 Å². The minimum absolute atomic E-state index is 0.328. The fourth-order valence-corrected chi connectivity index (χ4v) is 4.43. The Kier molecular flexibility index (Phi) is 8.14. The number of nitrogens with zero attached hydrogens (tertiary/aromatic N) is 1.